The zero-order chi connectivity index (χ0) is 29.0. The molecule has 4 rings (SSSR count). The van der Waals surface area contributed by atoms with Gasteiger partial charge in [-0.2, -0.15) is 0 Å². The van der Waals surface area contributed by atoms with Gasteiger partial charge in [0.05, 0.1) is 35.8 Å². The predicted molar refractivity (Wildman–Crippen MR) is 160 cm³/mol. The van der Waals surface area contributed by atoms with Crippen LogP contribution in [-0.2, 0) is 19.1 Å². The molecule has 3 saturated heterocycles. The number of carbonyl (C=O) groups is 3. The Morgan fingerprint density at radius 2 is 1.95 bits per heavy atom. The summed E-state index contributed by atoms with van der Waals surface area (Å²) in [6.45, 7) is 14.5. The minimum Gasteiger partial charge on any atom is -0.465 e. The molecule has 8 atom stereocenters. The van der Waals surface area contributed by atoms with Gasteiger partial charge in [-0.1, -0.05) is 58.6 Å². The number of likely N-dealkylation sites (tertiary alicyclic amines) is 1. The lowest BCUT2D eigenvalue weighted by Crippen LogP contribution is -2.61. The number of allylic oxidation sites excluding steroid dienone is 1. The van der Waals surface area contributed by atoms with Gasteiger partial charge in [0, 0.05) is 17.8 Å². The van der Waals surface area contributed by atoms with Gasteiger partial charge in [-0.15, -0.1) is 24.9 Å². The third kappa shape index (κ3) is 5.39. The standard InChI is InChI=1S/C32H50N2O5S/c1-6-9-10-14-18-39-31(38)26-25-19-22(5)32(40-25)27(26)29(36)34(24(20-35)21(4)8-3)28(32)30(37)33(17-7-2)23-15-12-11-13-16-23/h6-7,21-28,35H,1-2,8-20H2,3-5H3/t21-,22?,24-,25+,26-,27-,28?,32?/m0/s1. The number of carbonyl (C=O) groups excluding carboxylic acids is 3. The van der Waals surface area contributed by atoms with Crippen LogP contribution in [0.2, 0.25) is 0 Å². The summed E-state index contributed by atoms with van der Waals surface area (Å²) in [6.07, 6.45) is 13.0. The predicted octanol–water partition coefficient (Wildman–Crippen LogP) is 4.98. The second-order valence-corrected chi connectivity index (χ2v) is 14.0. The first-order valence-electron chi connectivity index (χ1n) is 15.6. The highest BCUT2D eigenvalue weighted by atomic mass is 32.2. The molecule has 3 heterocycles. The van der Waals surface area contributed by atoms with Crippen LogP contribution in [-0.4, -0.2) is 80.6 Å². The quantitative estimate of drug-likeness (QED) is 0.179. The fraction of sp³-hybridized carbons (Fsp3) is 0.781. The molecule has 1 aliphatic carbocycles. The topological polar surface area (TPSA) is 87.1 Å². The highest BCUT2D eigenvalue weighted by molar-refractivity contribution is 8.02. The molecule has 4 aliphatic rings. The molecule has 0 radical (unpaired) electrons. The van der Waals surface area contributed by atoms with Gasteiger partial charge in [-0.3, -0.25) is 14.4 Å². The SMILES string of the molecule is C=CCCCCOC(=O)[C@@H]1[C@H]2C(=O)N([C@@H](CO)[C@@H](C)CC)C(C(=O)N(CC=C)C3CCCCC3)C23S[C@@H]1CC3C. The maximum Gasteiger partial charge on any atom is 0.310 e. The van der Waals surface area contributed by atoms with E-state index in [2.05, 4.69) is 20.1 Å². The number of nitrogens with zero attached hydrogens (tertiary/aromatic N) is 2. The number of fused-ring (bicyclic) bond motifs is 1. The van der Waals surface area contributed by atoms with E-state index in [4.69, 9.17) is 4.74 Å². The van der Waals surface area contributed by atoms with Gasteiger partial charge >= 0.3 is 5.97 Å². The van der Waals surface area contributed by atoms with E-state index in [9.17, 15) is 19.5 Å². The summed E-state index contributed by atoms with van der Waals surface area (Å²) in [5.41, 5.74) is 0. The van der Waals surface area contributed by atoms with Crippen molar-refractivity contribution in [2.24, 2.45) is 23.7 Å². The highest BCUT2D eigenvalue weighted by Crippen LogP contribution is 2.69. The number of rotatable bonds is 14. The van der Waals surface area contributed by atoms with E-state index in [0.29, 0.717) is 13.2 Å². The van der Waals surface area contributed by atoms with Crippen molar-refractivity contribution in [2.75, 3.05) is 19.8 Å². The molecule has 4 fully saturated rings. The molecule has 0 aromatic heterocycles. The molecule has 2 bridgehead atoms. The molecule has 0 aromatic rings. The fourth-order valence-corrected chi connectivity index (χ4v) is 10.3. The molecule has 3 aliphatic heterocycles. The van der Waals surface area contributed by atoms with E-state index in [-0.39, 0.29) is 47.5 Å². The van der Waals surface area contributed by atoms with Crippen molar-refractivity contribution in [3.8, 4) is 0 Å². The van der Waals surface area contributed by atoms with E-state index >= 15 is 0 Å². The third-order valence-electron chi connectivity index (χ3n) is 10.2. The zero-order valence-electron chi connectivity index (χ0n) is 24.8. The smallest absolute Gasteiger partial charge is 0.310 e. The van der Waals surface area contributed by atoms with Crippen LogP contribution >= 0.6 is 11.8 Å². The van der Waals surface area contributed by atoms with Crippen LogP contribution in [0.15, 0.2) is 25.3 Å². The lowest BCUT2D eigenvalue weighted by molar-refractivity contribution is -0.155. The van der Waals surface area contributed by atoms with Crippen LogP contribution in [0.3, 0.4) is 0 Å². The first kappa shape index (κ1) is 31.1. The number of hydrogen-bond donors (Lipinski definition) is 1. The number of amides is 2. The van der Waals surface area contributed by atoms with E-state index in [1.54, 1.807) is 22.7 Å². The summed E-state index contributed by atoms with van der Waals surface area (Å²) in [6, 6.07) is -1.07. The maximum atomic E-state index is 14.8. The molecule has 3 unspecified atom stereocenters. The Morgan fingerprint density at radius 3 is 2.58 bits per heavy atom. The van der Waals surface area contributed by atoms with Crippen molar-refractivity contribution in [2.45, 2.75) is 113 Å². The molecule has 7 nitrogen and oxygen atoms in total. The Bertz CT molecular complexity index is 952. The maximum absolute atomic E-state index is 14.8. The third-order valence-corrected chi connectivity index (χ3v) is 12.3. The summed E-state index contributed by atoms with van der Waals surface area (Å²) in [5.74, 6) is -1.59. The molecule has 1 spiro atoms. The summed E-state index contributed by atoms with van der Waals surface area (Å²) >= 11 is 1.68. The molecule has 40 heavy (non-hydrogen) atoms. The molecule has 0 aromatic carbocycles. The van der Waals surface area contributed by atoms with Crippen molar-refractivity contribution in [3.63, 3.8) is 0 Å². The first-order valence-corrected chi connectivity index (χ1v) is 16.5. The Labute approximate surface area is 245 Å². The van der Waals surface area contributed by atoms with Gasteiger partial charge in [0.2, 0.25) is 11.8 Å². The monoisotopic (exact) mass is 574 g/mol. The number of thioether (sulfide) groups is 1. The van der Waals surface area contributed by atoms with Gasteiger partial charge in [0.15, 0.2) is 0 Å². The van der Waals surface area contributed by atoms with Crippen LogP contribution in [0.1, 0.15) is 85.0 Å². The summed E-state index contributed by atoms with van der Waals surface area (Å²) < 4.78 is 5.06. The average molecular weight is 575 g/mol. The summed E-state index contributed by atoms with van der Waals surface area (Å²) in [5, 5.41) is 10.6. The molecular formula is C32H50N2O5S. The minimum atomic E-state index is -0.714. The van der Waals surface area contributed by atoms with Crippen LogP contribution in [0.4, 0.5) is 0 Å². The summed E-state index contributed by atoms with van der Waals surface area (Å²) in [7, 11) is 0. The fourth-order valence-electron chi connectivity index (χ4n) is 7.95. The molecule has 1 N–H and O–H groups in total. The average Bonchev–Trinajstić information content (AvgIpc) is 3.55. The second kappa shape index (κ2) is 13.5. The van der Waals surface area contributed by atoms with Crippen molar-refractivity contribution >= 4 is 29.5 Å². The highest BCUT2D eigenvalue weighted by Gasteiger charge is 2.77. The number of aliphatic hydroxyl groups is 1. The van der Waals surface area contributed by atoms with Gasteiger partial charge in [-0.25, -0.2) is 0 Å². The van der Waals surface area contributed by atoms with Crippen molar-refractivity contribution in [1.82, 2.24) is 9.80 Å². The first-order chi connectivity index (χ1) is 19.3. The van der Waals surface area contributed by atoms with Crippen LogP contribution in [0.5, 0.6) is 0 Å². The largest absolute Gasteiger partial charge is 0.465 e. The zero-order valence-corrected chi connectivity index (χ0v) is 25.6. The lowest BCUT2D eigenvalue weighted by Gasteiger charge is -2.45. The van der Waals surface area contributed by atoms with Gasteiger partial charge < -0.3 is 19.6 Å². The van der Waals surface area contributed by atoms with E-state index in [1.165, 1.54) is 6.42 Å². The Balaban J connectivity index is 1.72. The van der Waals surface area contributed by atoms with Crippen LogP contribution in [0, 0.1) is 23.7 Å². The van der Waals surface area contributed by atoms with Gasteiger partial charge in [0.25, 0.3) is 0 Å². The Hall–Kier alpha value is -1.80. The number of ether oxygens (including phenoxy) is 1. The molecular weight excluding hydrogens is 524 g/mol. The number of esters is 1. The van der Waals surface area contributed by atoms with E-state index in [1.807, 2.05) is 24.8 Å². The van der Waals surface area contributed by atoms with Crippen LogP contribution < -0.4 is 0 Å². The van der Waals surface area contributed by atoms with Crippen molar-refractivity contribution in [1.29, 1.82) is 0 Å². The minimum absolute atomic E-state index is 0.00905. The number of unbranched alkanes of at least 4 members (excludes halogenated alkanes) is 2. The lowest BCUT2D eigenvalue weighted by atomic mass is 9.66. The Morgan fingerprint density at radius 1 is 1.23 bits per heavy atom. The van der Waals surface area contributed by atoms with Crippen molar-refractivity contribution < 1.29 is 24.2 Å². The summed E-state index contributed by atoms with van der Waals surface area (Å²) in [4.78, 5) is 46.6. The molecule has 8 heteroatoms. The van der Waals surface area contributed by atoms with Crippen molar-refractivity contribution in [3.05, 3.63) is 25.3 Å². The van der Waals surface area contributed by atoms with Gasteiger partial charge in [0.1, 0.15) is 6.04 Å². The molecule has 1 saturated carbocycles. The second-order valence-electron chi connectivity index (χ2n) is 12.5. The van der Waals surface area contributed by atoms with E-state index in [0.717, 1.165) is 57.8 Å². The van der Waals surface area contributed by atoms with Gasteiger partial charge in [-0.05, 0) is 50.4 Å². The molecule has 2 amide bonds. The van der Waals surface area contributed by atoms with Crippen LogP contribution in [0.25, 0.3) is 0 Å². The number of hydrogen-bond acceptors (Lipinski definition) is 6. The number of aliphatic hydroxyl groups excluding tert-OH is 1. The molecule has 224 valence electrons. The normalized spacial score (nSPS) is 33.0. The van der Waals surface area contributed by atoms with E-state index < -0.39 is 28.7 Å². The Kier molecular flexibility index (Phi) is 10.5.